The van der Waals surface area contributed by atoms with Crippen LogP contribution in [0.25, 0.3) is 6.08 Å². The first-order valence-electron chi connectivity index (χ1n) is 6.44. The second-order valence-electron chi connectivity index (χ2n) is 4.45. The Morgan fingerprint density at radius 2 is 2.05 bits per heavy atom. The van der Waals surface area contributed by atoms with Gasteiger partial charge in [0.1, 0.15) is 5.76 Å². The summed E-state index contributed by atoms with van der Waals surface area (Å²) in [5.41, 5.74) is 3.63. The standard InChI is InChI=1S/C16H16N2O3/c1-12(10-14-8-5-9-21-14)11-17-18-16(20)15(19)13-6-3-2-4-7-13/h2-11,15,19H,1H3,(H,18,20). The highest BCUT2D eigenvalue weighted by molar-refractivity contribution is 5.87. The van der Waals surface area contributed by atoms with Crippen molar-refractivity contribution in [3.05, 3.63) is 65.6 Å². The highest BCUT2D eigenvalue weighted by Gasteiger charge is 2.15. The third-order valence-corrected chi connectivity index (χ3v) is 2.72. The van der Waals surface area contributed by atoms with Crippen molar-refractivity contribution in [3.8, 4) is 0 Å². The first kappa shape index (κ1) is 14.7. The zero-order chi connectivity index (χ0) is 15.1. The average molecular weight is 284 g/mol. The number of hydrogen-bond acceptors (Lipinski definition) is 4. The van der Waals surface area contributed by atoms with Gasteiger partial charge >= 0.3 is 0 Å². The first-order chi connectivity index (χ1) is 10.2. The number of furan rings is 1. The molecular weight excluding hydrogens is 268 g/mol. The van der Waals surface area contributed by atoms with E-state index < -0.39 is 12.0 Å². The maximum absolute atomic E-state index is 11.7. The molecule has 0 aliphatic heterocycles. The number of nitrogens with one attached hydrogen (secondary N) is 1. The van der Waals surface area contributed by atoms with Crippen molar-refractivity contribution in [2.45, 2.75) is 13.0 Å². The second kappa shape index (κ2) is 7.21. The third kappa shape index (κ3) is 4.43. The molecule has 0 radical (unpaired) electrons. The van der Waals surface area contributed by atoms with Crippen LogP contribution < -0.4 is 5.43 Å². The number of amides is 1. The summed E-state index contributed by atoms with van der Waals surface area (Å²) in [7, 11) is 0. The predicted molar refractivity (Wildman–Crippen MR) is 80.4 cm³/mol. The molecule has 1 aromatic heterocycles. The van der Waals surface area contributed by atoms with E-state index in [4.69, 9.17) is 4.42 Å². The smallest absolute Gasteiger partial charge is 0.273 e. The Balaban J connectivity index is 1.90. The maximum Gasteiger partial charge on any atom is 0.273 e. The zero-order valence-electron chi connectivity index (χ0n) is 11.6. The number of nitrogens with zero attached hydrogens (tertiary/aromatic N) is 1. The topological polar surface area (TPSA) is 74.8 Å². The molecule has 0 aliphatic rings. The summed E-state index contributed by atoms with van der Waals surface area (Å²) < 4.78 is 5.16. The Kier molecular flexibility index (Phi) is 5.06. The van der Waals surface area contributed by atoms with Crippen LogP contribution in [0.3, 0.4) is 0 Å². The molecule has 1 unspecified atom stereocenters. The zero-order valence-corrected chi connectivity index (χ0v) is 11.6. The van der Waals surface area contributed by atoms with E-state index in [1.165, 1.54) is 6.21 Å². The molecule has 0 spiro atoms. The van der Waals surface area contributed by atoms with Crippen LogP contribution >= 0.6 is 0 Å². The number of hydrogen-bond donors (Lipinski definition) is 2. The van der Waals surface area contributed by atoms with Gasteiger partial charge in [0.2, 0.25) is 0 Å². The Hall–Kier alpha value is -2.66. The number of rotatable bonds is 5. The molecule has 1 aromatic carbocycles. The molecule has 0 saturated carbocycles. The fourth-order valence-electron chi connectivity index (χ4n) is 1.68. The molecule has 1 amide bonds. The summed E-state index contributed by atoms with van der Waals surface area (Å²) in [5, 5.41) is 13.6. The van der Waals surface area contributed by atoms with Gasteiger partial charge in [-0.15, -0.1) is 0 Å². The van der Waals surface area contributed by atoms with Gasteiger partial charge in [0.25, 0.3) is 5.91 Å². The van der Waals surface area contributed by atoms with Crippen LogP contribution in [-0.2, 0) is 4.79 Å². The molecule has 1 atom stereocenters. The highest BCUT2D eigenvalue weighted by Crippen LogP contribution is 2.11. The Labute approximate surface area is 122 Å². The van der Waals surface area contributed by atoms with Gasteiger partial charge in [-0.25, -0.2) is 5.43 Å². The van der Waals surface area contributed by atoms with Crippen molar-refractivity contribution in [1.82, 2.24) is 5.43 Å². The van der Waals surface area contributed by atoms with E-state index in [0.29, 0.717) is 11.3 Å². The van der Waals surface area contributed by atoms with E-state index in [0.717, 1.165) is 5.57 Å². The molecule has 108 valence electrons. The van der Waals surface area contributed by atoms with Crippen molar-refractivity contribution in [2.75, 3.05) is 0 Å². The number of carbonyl (C=O) groups is 1. The minimum absolute atomic E-state index is 0.521. The monoisotopic (exact) mass is 284 g/mol. The largest absolute Gasteiger partial charge is 0.465 e. The van der Waals surface area contributed by atoms with Gasteiger partial charge < -0.3 is 9.52 Å². The van der Waals surface area contributed by atoms with E-state index >= 15 is 0 Å². The number of aliphatic hydroxyl groups is 1. The summed E-state index contributed by atoms with van der Waals surface area (Å²) in [6.45, 7) is 1.83. The lowest BCUT2D eigenvalue weighted by atomic mass is 10.1. The summed E-state index contributed by atoms with van der Waals surface area (Å²) in [6, 6.07) is 12.3. The molecule has 2 N–H and O–H groups in total. The first-order valence-corrected chi connectivity index (χ1v) is 6.44. The normalized spacial score (nSPS) is 13.3. The molecule has 21 heavy (non-hydrogen) atoms. The molecule has 2 aromatic rings. The summed E-state index contributed by atoms with van der Waals surface area (Å²) >= 11 is 0. The van der Waals surface area contributed by atoms with Crippen LogP contribution in [0.1, 0.15) is 24.4 Å². The molecule has 0 fully saturated rings. The fourth-order valence-corrected chi connectivity index (χ4v) is 1.68. The van der Waals surface area contributed by atoms with E-state index in [2.05, 4.69) is 10.5 Å². The van der Waals surface area contributed by atoms with E-state index in [1.807, 2.05) is 19.1 Å². The molecule has 5 nitrogen and oxygen atoms in total. The van der Waals surface area contributed by atoms with E-state index in [9.17, 15) is 9.90 Å². The fraction of sp³-hybridized carbons (Fsp3) is 0.125. The number of aliphatic hydroxyl groups excluding tert-OH is 1. The highest BCUT2D eigenvalue weighted by atomic mass is 16.3. The SMILES string of the molecule is CC(C=NNC(=O)C(O)c1ccccc1)=Cc1ccco1. The molecule has 0 saturated heterocycles. The van der Waals surface area contributed by atoms with Gasteiger partial charge in [0.15, 0.2) is 6.10 Å². The van der Waals surface area contributed by atoms with Gasteiger partial charge in [0, 0.05) is 0 Å². The second-order valence-corrected chi connectivity index (χ2v) is 4.45. The van der Waals surface area contributed by atoms with Crippen molar-refractivity contribution in [3.63, 3.8) is 0 Å². The number of carbonyl (C=O) groups excluding carboxylic acids is 1. The third-order valence-electron chi connectivity index (χ3n) is 2.72. The summed E-state index contributed by atoms with van der Waals surface area (Å²) in [6.07, 6.45) is 3.60. The summed E-state index contributed by atoms with van der Waals surface area (Å²) in [5.74, 6) is 0.123. The quantitative estimate of drug-likeness (QED) is 0.654. The molecule has 0 aliphatic carbocycles. The van der Waals surface area contributed by atoms with Gasteiger partial charge in [0.05, 0.1) is 12.5 Å². The van der Waals surface area contributed by atoms with Crippen LogP contribution in [0.15, 0.2) is 63.8 Å². The Bertz CT molecular complexity index is 631. The number of benzene rings is 1. The molecule has 2 rings (SSSR count). The lowest BCUT2D eigenvalue weighted by Gasteiger charge is -2.08. The van der Waals surface area contributed by atoms with Crippen LogP contribution in [0.2, 0.25) is 0 Å². The van der Waals surface area contributed by atoms with Gasteiger partial charge in [-0.05, 0) is 36.3 Å². The van der Waals surface area contributed by atoms with Crippen molar-refractivity contribution in [1.29, 1.82) is 0 Å². The minimum atomic E-state index is -1.24. The van der Waals surface area contributed by atoms with Gasteiger partial charge in [-0.2, -0.15) is 5.10 Å². The van der Waals surface area contributed by atoms with Crippen LogP contribution in [-0.4, -0.2) is 17.2 Å². The maximum atomic E-state index is 11.7. The van der Waals surface area contributed by atoms with Crippen LogP contribution in [0, 0.1) is 0 Å². The van der Waals surface area contributed by atoms with Crippen LogP contribution in [0.5, 0.6) is 0 Å². The van der Waals surface area contributed by atoms with Gasteiger partial charge in [-0.1, -0.05) is 30.3 Å². The van der Waals surface area contributed by atoms with Crippen molar-refractivity contribution >= 4 is 18.2 Å². The lowest BCUT2D eigenvalue weighted by Crippen LogP contribution is -2.25. The lowest BCUT2D eigenvalue weighted by molar-refractivity contribution is -0.129. The molecule has 0 bridgehead atoms. The summed E-state index contributed by atoms with van der Waals surface area (Å²) in [4.78, 5) is 11.7. The molecule has 1 heterocycles. The van der Waals surface area contributed by atoms with E-state index in [-0.39, 0.29) is 0 Å². The predicted octanol–water partition coefficient (Wildman–Crippen LogP) is 2.52. The number of allylic oxidation sites excluding steroid dienone is 1. The van der Waals surface area contributed by atoms with E-state index in [1.54, 1.807) is 42.7 Å². The van der Waals surface area contributed by atoms with Crippen LogP contribution in [0.4, 0.5) is 0 Å². The average Bonchev–Trinajstić information content (AvgIpc) is 3.00. The van der Waals surface area contributed by atoms with Gasteiger partial charge in [-0.3, -0.25) is 4.79 Å². The molecular formula is C16H16N2O3. The van der Waals surface area contributed by atoms with Crippen molar-refractivity contribution in [2.24, 2.45) is 5.10 Å². The van der Waals surface area contributed by atoms with Crippen molar-refractivity contribution < 1.29 is 14.3 Å². The molecule has 5 heteroatoms. The Morgan fingerprint density at radius 1 is 1.29 bits per heavy atom. The number of hydrazone groups is 1. The minimum Gasteiger partial charge on any atom is -0.465 e. The Morgan fingerprint density at radius 3 is 2.71 bits per heavy atom.